The number of piperidine rings is 2. The minimum absolute atomic E-state index is 0.284. The third-order valence-electron chi connectivity index (χ3n) is 6.68. The number of rotatable bonds is 4. The molecule has 2 saturated heterocycles. The predicted molar refractivity (Wildman–Crippen MR) is 115 cm³/mol. The first-order chi connectivity index (χ1) is 14.1. The maximum atomic E-state index is 13.9. The summed E-state index contributed by atoms with van der Waals surface area (Å²) in [5.74, 6) is 0.639. The molecule has 2 aliphatic rings. The van der Waals surface area contributed by atoms with Gasteiger partial charge in [0.15, 0.2) is 0 Å². The molecule has 4 rings (SSSR count). The summed E-state index contributed by atoms with van der Waals surface area (Å²) in [7, 11) is 2.16. The number of carbonyl (C=O) groups is 1. The number of carbonyl (C=O) groups excluding carboxylic acids is 1. The first-order valence-electron chi connectivity index (χ1n) is 10.9. The van der Waals surface area contributed by atoms with Gasteiger partial charge >= 0.3 is 0 Å². The largest absolute Gasteiger partial charge is 0.342 e. The van der Waals surface area contributed by atoms with Crippen molar-refractivity contribution in [1.82, 2.24) is 19.8 Å². The highest BCUT2D eigenvalue weighted by Crippen LogP contribution is 2.38. The molecule has 2 aromatic rings. The Kier molecular flexibility index (Phi) is 5.95. The molecule has 154 valence electrons. The number of amides is 1. The van der Waals surface area contributed by atoms with Gasteiger partial charge in [0.1, 0.15) is 0 Å². The van der Waals surface area contributed by atoms with Crippen molar-refractivity contribution < 1.29 is 4.79 Å². The molecule has 5 heteroatoms. The van der Waals surface area contributed by atoms with Crippen molar-refractivity contribution in [3.63, 3.8) is 0 Å². The van der Waals surface area contributed by atoms with Crippen LogP contribution in [-0.4, -0.2) is 58.9 Å². The van der Waals surface area contributed by atoms with Gasteiger partial charge < -0.3 is 9.80 Å². The highest BCUT2D eigenvalue weighted by atomic mass is 16.2. The fourth-order valence-electron chi connectivity index (χ4n) is 4.92. The molecule has 5 nitrogen and oxygen atoms in total. The van der Waals surface area contributed by atoms with Gasteiger partial charge in [-0.25, -0.2) is 0 Å². The van der Waals surface area contributed by atoms with Crippen molar-refractivity contribution in [2.24, 2.45) is 5.41 Å². The van der Waals surface area contributed by atoms with Crippen LogP contribution in [0.2, 0.25) is 0 Å². The van der Waals surface area contributed by atoms with Gasteiger partial charge in [0.2, 0.25) is 5.91 Å². The van der Waals surface area contributed by atoms with Crippen LogP contribution < -0.4 is 0 Å². The van der Waals surface area contributed by atoms with Crippen molar-refractivity contribution in [1.29, 1.82) is 0 Å². The molecule has 1 aromatic carbocycles. The SMILES string of the molecule is Cc1cncc(C2CCCN(C(=O)C3(Cc4ccccc4)CCN(C)CC3)C2)n1. The van der Waals surface area contributed by atoms with Crippen LogP contribution in [0.15, 0.2) is 42.7 Å². The van der Waals surface area contributed by atoms with Gasteiger partial charge in [-0.05, 0) is 64.7 Å². The number of nitrogens with zero attached hydrogens (tertiary/aromatic N) is 4. The molecule has 0 N–H and O–H groups in total. The summed E-state index contributed by atoms with van der Waals surface area (Å²) in [4.78, 5) is 27.4. The second kappa shape index (κ2) is 8.62. The number of likely N-dealkylation sites (tertiary alicyclic amines) is 2. The van der Waals surface area contributed by atoms with Gasteiger partial charge in [-0.1, -0.05) is 30.3 Å². The van der Waals surface area contributed by atoms with E-state index >= 15 is 0 Å². The smallest absolute Gasteiger partial charge is 0.229 e. The lowest BCUT2D eigenvalue weighted by atomic mass is 9.72. The lowest BCUT2D eigenvalue weighted by Gasteiger charge is -2.44. The predicted octanol–water partition coefficient (Wildman–Crippen LogP) is 3.45. The Hall–Kier alpha value is -2.27. The Labute approximate surface area is 174 Å². The topological polar surface area (TPSA) is 49.3 Å². The summed E-state index contributed by atoms with van der Waals surface area (Å²) in [6.45, 7) is 5.58. The molecule has 2 fully saturated rings. The van der Waals surface area contributed by atoms with Gasteiger partial charge in [0.05, 0.1) is 16.8 Å². The van der Waals surface area contributed by atoms with Crippen molar-refractivity contribution in [2.75, 3.05) is 33.2 Å². The standard InChI is InChI=1S/C24H32N4O/c1-19-16-25-17-22(26-19)21-9-6-12-28(18-21)23(29)24(10-13-27(2)14-11-24)15-20-7-4-3-5-8-20/h3-5,7-8,16-17,21H,6,9-15,18H2,1-2H3. The van der Waals surface area contributed by atoms with Gasteiger partial charge in [-0.15, -0.1) is 0 Å². The zero-order valence-corrected chi connectivity index (χ0v) is 17.7. The summed E-state index contributed by atoms with van der Waals surface area (Å²) in [5.41, 5.74) is 2.96. The van der Waals surface area contributed by atoms with Gasteiger partial charge in [0.25, 0.3) is 0 Å². The molecule has 3 heterocycles. The second-order valence-electron chi connectivity index (χ2n) is 8.92. The molecule has 2 aliphatic heterocycles. The minimum Gasteiger partial charge on any atom is -0.342 e. The van der Waals surface area contributed by atoms with E-state index in [0.717, 1.165) is 69.7 Å². The lowest BCUT2D eigenvalue weighted by Crippen LogP contribution is -2.52. The fraction of sp³-hybridized carbons (Fsp3) is 0.542. The van der Waals surface area contributed by atoms with E-state index < -0.39 is 0 Å². The average molecular weight is 393 g/mol. The summed E-state index contributed by atoms with van der Waals surface area (Å²) in [6.07, 6.45) is 8.49. The quantitative estimate of drug-likeness (QED) is 0.800. The Morgan fingerprint density at radius 3 is 2.62 bits per heavy atom. The van der Waals surface area contributed by atoms with E-state index in [2.05, 4.69) is 46.1 Å². The maximum Gasteiger partial charge on any atom is 0.229 e. The van der Waals surface area contributed by atoms with Crippen LogP contribution in [0.1, 0.15) is 48.6 Å². The lowest BCUT2D eigenvalue weighted by molar-refractivity contribution is -0.146. The van der Waals surface area contributed by atoms with Crippen molar-refractivity contribution in [3.8, 4) is 0 Å². The molecule has 0 aliphatic carbocycles. The van der Waals surface area contributed by atoms with Crippen LogP contribution in [-0.2, 0) is 11.2 Å². The van der Waals surface area contributed by atoms with Crippen LogP contribution in [0.25, 0.3) is 0 Å². The number of hydrogen-bond acceptors (Lipinski definition) is 4. The Bertz CT molecular complexity index is 830. The zero-order chi connectivity index (χ0) is 20.3. The van der Waals surface area contributed by atoms with Crippen molar-refractivity contribution >= 4 is 5.91 Å². The summed E-state index contributed by atoms with van der Waals surface area (Å²) < 4.78 is 0. The molecule has 1 unspecified atom stereocenters. The molecule has 0 bridgehead atoms. The van der Waals surface area contributed by atoms with Crippen molar-refractivity contribution in [3.05, 3.63) is 59.7 Å². The third kappa shape index (κ3) is 4.50. The number of aryl methyl sites for hydroxylation is 1. The molecule has 1 atom stereocenters. The number of aromatic nitrogens is 2. The van der Waals surface area contributed by atoms with Crippen LogP contribution in [0.5, 0.6) is 0 Å². The first kappa shape index (κ1) is 20.0. The third-order valence-corrected chi connectivity index (χ3v) is 6.68. The van der Waals surface area contributed by atoms with Gasteiger partial charge in [-0.2, -0.15) is 0 Å². The Morgan fingerprint density at radius 1 is 1.14 bits per heavy atom. The van der Waals surface area contributed by atoms with E-state index in [4.69, 9.17) is 4.98 Å². The Balaban J connectivity index is 1.55. The highest BCUT2D eigenvalue weighted by molar-refractivity contribution is 5.83. The average Bonchev–Trinajstić information content (AvgIpc) is 2.76. The summed E-state index contributed by atoms with van der Waals surface area (Å²) >= 11 is 0. The fourth-order valence-corrected chi connectivity index (χ4v) is 4.92. The maximum absolute atomic E-state index is 13.9. The molecule has 0 radical (unpaired) electrons. The molecule has 1 aromatic heterocycles. The highest BCUT2D eigenvalue weighted by Gasteiger charge is 2.44. The van der Waals surface area contributed by atoms with E-state index in [1.54, 1.807) is 6.20 Å². The summed E-state index contributed by atoms with van der Waals surface area (Å²) in [5, 5.41) is 0. The Morgan fingerprint density at radius 2 is 1.90 bits per heavy atom. The molecule has 0 spiro atoms. The van der Waals surface area contributed by atoms with E-state index in [-0.39, 0.29) is 5.41 Å². The first-order valence-corrected chi connectivity index (χ1v) is 10.9. The van der Waals surface area contributed by atoms with Crippen LogP contribution in [0, 0.1) is 12.3 Å². The minimum atomic E-state index is -0.284. The number of benzene rings is 1. The molecular formula is C24H32N4O. The monoisotopic (exact) mass is 392 g/mol. The normalized spacial score (nSPS) is 22.4. The van der Waals surface area contributed by atoms with Crippen LogP contribution in [0.3, 0.4) is 0 Å². The number of hydrogen-bond donors (Lipinski definition) is 0. The molecule has 1 amide bonds. The summed E-state index contributed by atoms with van der Waals surface area (Å²) in [6, 6.07) is 10.5. The molecule has 0 saturated carbocycles. The van der Waals surface area contributed by atoms with Crippen LogP contribution >= 0.6 is 0 Å². The second-order valence-corrected chi connectivity index (χ2v) is 8.92. The van der Waals surface area contributed by atoms with E-state index in [1.165, 1.54) is 5.56 Å². The van der Waals surface area contributed by atoms with Crippen LogP contribution in [0.4, 0.5) is 0 Å². The van der Waals surface area contributed by atoms with E-state index in [0.29, 0.717) is 11.8 Å². The van der Waals surface area contributed by atoms with Gasteiger partial charge in [0, 0.05) is 31.4 Å². The van der Waals surface area contributed by atoms with Crippen molar-refractivity contribution in [2.45, 2.75) is 44.9 Å². The van der Waals surface area contributed by atoms with E-state index in [1.807, 2.05) is 19.2 Å². The van der Waals surface area contributed by atoms with Gasteiger partial charge in [-0.3, -0.25) is 14.8 Å². The molecular weight excluding hydrogens is 360 g/mol. The van der Waals surface area contributed by atoms with E-state index in [9.17, 15) is 4.79 Å². The zero-order valence-electron chi connectivity index (χ0n) is 17.7. The molecule has 29 heavy (non-hydrogen) atoms.